The van der Waals surface area contributed by atoms with E-state index >= 15 is 0 Å². The fourth-order valence-electron chi connectivity index (χ4n) is 2.73. The van der Waals surface area contributed by atoms with Gasteiger partial charge in [0.1, 0.15) is 29.4 Å². The Hall–Kier alpha value is -2.71. The van der Waals surface area contributed by atoms with E-state index in [9.17, 15) is 5.26 Å². The van der Waals surface area contributed by atoms with Crippen molar-refractivity contribution in [2.75, 3.05) is 13.1 Å². The lowest BCUT2D eigenvalue weighted by Gasteiger charge is -2.26. The Bertz CT molecular complexity index is 655. The van der Waals surface area contributed by atoms with Gasteiger partial charge in [0.15, 0.2) is 11.3 Å². The summed E-state index contributed by atoms with van der Waals surface area (Å²) in [4.78, 5) is 2.22. The summed E-state index contributed by atoms with van der Waals surface area (Å²) in [6.07, 6.45) is 7.46. The maximum Gasteiger partial charge on any atom is 0.172 e. The third-order valence-electron chi connectivity index (χ3n) is 3.91. The van der Waals surface area contributed by atoms with Crippen molar-refractivity contribution in [3.63, 3.8) is 0 Å². The lowest BCUT2D eigenvalue weighted by molar-refractivity contribution is 0.0952. The lowest BCUT2D eigenvalue weighted by atomic mass is 9.95. The van der Waals surface area contributed by atoms with Crippen LogP contribution >= 0.6 is 0 Å². The van der Waals surface area contributed by atoms with Gasteiger partial charge in [-0.1, -0.05) is 0 Å². The van der Waals surface area contributed by atoms with E-state index in [-0.39, 0.29) is 16.9 Å². The Balaban J connectivity index is 2.41. The van der Waals surface area contributed by atoms with E-state index in [0.29, 0.717) is 5.57 Å². The molecule has 2 heterocycles. The predicted octanol–water partition coefficient (Wildman–Crippen LogP) is 2.92. The van der Waals surface area contributed by atoms with Gasteiger partial charge < -0.3 is 9.64 Å². The maximum atomic E-state index is 9.43. The molecule has 2 aliphatic heterocycles. The molecule has 0 bridgehead atoms. The molecule has 0 atom stereocenters. The molecule has 0 aromatic carbocycles. The summed E-state index contributed by atoms with van der Waals surface area (Å²) < 4.78 is 5.72. The van der Waals surface area contributed by atoms with Crippen LogP contribution in [0.3, 0.4) is 0 Å². The third kappa shape index (κ3) is 2.97. The van der Waals surface area contributed by atoms with Crippen LogP contribution in [0.25, 0.3) is 0 Å². The minimum atomic E-state index is -0.731. The van der Waals surface area contributed by atoms with E-state index in [1.165, 1.54) is 19.3 Å². The SMILES string of the molecule is CC1(C)OC(=C(C#N)C#N)C(C#N)=C1C=CN1CCCCC1. The summed E-state index contributed by atoms with van der Waals surface area (Å²) in [6, 6.07) is 5.67. The van der Waals surface area contributed by atoms with Crippen LogP contribution < -0.4 is 0 Å². The molecule has 5 heteroatoms. The molecule has 5 nitrogen and oxygen atoms in total. The Morgan fingerprint density at radius 1 is 1.14 bits per heavy atom. The first-order chi connectivity index (χ1) is 10.5. The van der Waals surface area contributed by atoms with E-state index in [2.05, 4.69) is 11.0 Å². The number of hydrogen-bond acceptors (Lipinski definition) is 5. The van der Waals surface area contributed by atoms with Gasteiger partial charge in [0.2, 0.25) is 0 Å². The summed E-state index contributed by atoms with van der Waals surface area (Å²) in [7, 11) is 0. The van der Waals surface area contributed by atoms with Crippen molar-refractivity contribution < 1.29 is 4.74 Å². The molecular formula is C17H18N4O. The molecule has 0 aromatic heterocycles. The highest BCUT2D eigenvalue weighted by molar-refractivity contribution is 5.59. The first-order valence-electron chi connectivity index (χ1n) is 7.34. The van der Waals surface area contributed by atoms with E-state index in [4.69, 9.17) is 15.3 Å². The summed E-state index contributed by atoms with van der Waals surface area (Å²) in [6.45, 7) is 5.69. The highest BCUT2D eigenvalue weighted by atomic mass is 16.5. The van der Waals surface area contributed by atoms with Gasteiger partial charge in [0.05, 0.1) is 0 Å². The number of allylic oxidation sites excluding steroid dienone is 2. The van der Waals surface area contributed by atoms with Crippen LogP contribution in [0.2, 0.25) is 0 Å². The van der Waals surface area contributed by atoms with Crippen molar-refractivity contribution in [2.45, 2.75) is 38.7 Å². The lowest BCUT2D eigenvalue weighted by Crippen LogP contribution is -2.25. The molecule has 2 rings (SSSR count). The molecular weight excluding hydrogens is 276 g/mol. The zero-order valence-electron chi connectivity index (χ0n) is 12.9. The topological polar surface area (TPSA) is 83.8 Å². The highest BCUT2D eigenvalue weighted by Crippen LogP contribution is 2.40. The highest BCUT2D eigenvalue weighted by Gasteiger charge is 2.38. The zero-order chi connectivity index (χ0) is 16.2. The first-order valence-corrected chi connectivity index (χ1v) is 7.34. The smallest absolute Gasteiger partial charge is 0.172 e. The molecule has 1 saturated heterocycles. The summed E-state index contributed by atoms with van der Waals surface area (Å²) in [5, 5.41) is 27.5. The minimum absolute atomic E-state index is 0.0933. The van der Waals surface area contributed by atoms with Crippen LogP contribution in [0.4, 0.5) is 0 Å². The van der Waals surface area contributed by atoms with Crippen LogP contribution in [0, 0.1) is 34.0 Å². The molecule has 112 valence electrons. The molecule has 2 aliphatic rings. The minimum Gasteiger partial charge on any atom is -0.480 e. The summed E-state index contributed by atoms with van der Waals surface area (Å²) in [5.74, 6) is 0.0933. The Morgan fingerprint density at radius 2 is 1.77 bits per heavy atom. The Labute approximate surface area is 131 Å². The van der Waals surface area contributed by atoms with Gasteiger partial charge in [-0.3, -0.25) is 0 Å². The van der Waals surface area contributed by atoms with Crippen molar-refractivity contribution in [3.8, 4) is 18.2 Å². The number of nitriles is 3. The number of hydrogen-bond donors (Lipinski definition) is 0. The van der Waals surface area contributed by atoms with Crippen LogP contribution in [0.1, 0.15) is 33.1 Å². The fraction of sp³-hybridized carbons (Fsp3) is 0.471. The van der Waals surface area contributed by atoms with Crippen molar-refractivity contribution in [1.82, 2.24) is 4.90 Å². The van der Waals surface area contributed by atoms with Gasteiger partial charge in [-0.15, -0.1) is 0 Å². The van der Waals surface area contributed by atoms with Crippen molar-refractivity contribution >= 4 is 0 Å². The molecule has 0 saturated carbocycles. The molecule has 0 aliphatic carbocycles. The molecule has 0 radical (unpaired) electrons. The second-order valence-electron chi connectivity index (χ2n) is 5.85. The molecule has 0 unspecified atom stereocenters. The van der Waals surface area contributed by atoms with Crippen LogP contribution in [-0.4, -0.2) is 23.6 Å². The number of ether oxygens (including phenoxy) is 1. The molecule has 22 heavy (non-hydrogen) atoms. The van der Waals surface area contributed by atoms with Gasteiger partial charge in [0, 0.05) is 18.7 Å². The average Bonchev–Trinajstić information content (AvgIpc) is 2.77. The Morgan fingerprint density at radius 3 is 2.32 bits per heavy atom. The van der Waals surface area contributed by atoms with Gasteiger partial charge in [0.25, 0.3) is 0 Å². The first kappa shape index (κ1) is 15.7. The maximum absolute atomic E-state index is 9.43. The molecule has 0 N–H and O–H groups in total. The number of rotatable bonds is 2. The largest absolute Gasteiger partial charge is 0.480 e. The predicted molar refractivity (Wildman–Crippen MR) is 80.6 cm³/mol. The molecule has 1 fully saturated rings. The van der Waals surface area contributed by atoms with Crippen molar-refractivity contribution in [3.05, 3.63) is 34.8 Å². The molecule has 0 amide bonds. The van der Waals surface area contributed by atoms with Crippen LogP contribution in [0.5, 0.6) is 0 Å². The van der Waals surface area contributed by atoms with E-state index in [1.807, 2.05) is 26.1 Å². The number of nitrogens with zero attached hydrogens (tertiary/aromatic N) is 4. The fourth-order valence-corrected chi connectivity index (χ4v) is 2.73. The van der Waals surface area contributed by atoms with Gasteiger partial charge in [-0.25, -0.2) is 0 Å². The van der Waals surface area contributed by atoms with Gasteiger partial charge in [-0.05, 0) is 45.4 Å². The second-order valence-corrected chi connectivity index (χ2v) is 5.85. The van der Waals surface area contributed by atoms with Crippen LogP contribution in [-0.2, 0) is 4.74 Å². The van der Waals surface area contributed by atoms with Crippen molar-refractivity contribution in [2.24, 2.45) is 0 Å². The van der Waals surface area contributed by atoms with E-state index < -0.39 is 5.60 Å². The van der Waals surface area contributed by atoms with E-state index in [1.54, 1.807) is 12.1 Å². The van der Waals surface area contributed by atoms with Gasteiger partial charge in [-0.2, -0.15) is 15.8 Å². The average molecular weight is 294 g/mol. The molecule has 0 aromatic rings. The standard InChI is InChI=1S/C17H18N4O/c1-17(2)15(6-9-21-7-4-3-5-8-21)14(12-20)16(22-17)13(10-18)11-19/h6,9H,3-5,7-8H2,1-2H3. The quantitative estimate of drug-likeness (QED) is 0.731. The number of likely N-dealkylation sites (tertiary alicyclic amines) is 1. The summed E-state index contributed by atoms with van der Waals surface area (Å²) >= 11 is 0. The monoisotopic (exact) mass is 294 g/mol. The van der Waals surface area contributed by atoms with Gasteiger partial charge >= 0.3 is 0 Å². The zero-order valence-corrected chi connectivity index (χ0v) is 12.9. The van der Waals surface area contributed by atoms with E-state index in [0.717, 1.165) is 13.1 Å². The molecule has 0 spiro atoms. The second kappa shape index (κ2) is 6.37. The Kier molecular flexibility index (Phi) is 4.54. The van der Waals surface area contributed by atoms with Crippen molar-refractivity contribution in [1.29, 1.82) is 15.8 Å². The summed E-state index contributed by atoms with van der Waals surface area (Å²) in [5.41, 5.74) is 0.0898. The number of piperidine rings is 1. The normalized spacial score (nSPS) is 20.3. The van der Waals surface area contributed by atoms with Crippen LogP contribution in [0.15, 0.2) is 34.8 Å². The third-order valence-corrected chi connectivity index (χ3v) is 3.91.